The molecule has 0 fully saturated rings. The molecule has 0 radical (unpaired) electrons. The van der Waals surface area contributed by atoms with Gasteiger partial charge in [-0.05, 0) is 25.5 Å². The summed E-state index contributed by atoms with van der Waals surface area (Å²) in [7, 11) is 0. The minimum absolute atomic E-state index is 0.808. The average Bonchev–Trinajstić information content (AvgIpc) is 2.26. The maximum Gasteiger partial charge on any atom is 0.148 e. The Morgan fingerprint density at radius 2 is 2.27 bits per heavy atom. The number of nitrogens with zero attached hydrogens (tertiary/aromatic N) is 1. The van der Waals surface area contributed by atoms with Crippen LogP contribution in [0.4, 0.5) is 0 Å². The molecule has 0 spiro atoms. The van der Waals surface area contributed by atoms with Gasteiger partial charge in [-0.25, -0.2) is 0 Å². The normalized spacial score (nSPS) is 10.7. The van der Waals surface area contributed by atoms with Gasteiger partial charge in [-0.15, -0.1) is 0 Å². The van der Waals surface area contributed by atoms with Gasteiger partial charge in [0.2, 0.25) is 0 Å². The highest BCUT2D eigenvalue weighted by Crippen LogP contribution is 2.10. The topological polar surface area (TPSA) is 25.5 Å². The summed E-state index contributed by atoms with van der Waals surface area (Å²) in [6.07, 6.45) is 3.15. The van der Waals surface area contributed by atoms with Crippen molar-refractivity contribution in [1.82, 2.24) is 0 Å². The van der Waals surface area contributed by atoms with Gasteiger partial charge in [0.25, 0.3) is 0 Å². The third-order valence-corrected chi connectivity index (χ3v) is 1.38. The molecule has 1 aromatic rings. The summed E-state index contributed by atoms with van der Waals surface area (Å²) in [5.41, 5.74) is 1.10. The lowest BCUT2D eigenvalue weighted by atomic mass is 10.3. The zero-order valence-corrected chi connectivity index (χ0v) is 6.79. The quantitative estimate of drug-likeness (QED) is 0.593. The van der Waals surface area contributed by atoms with Gasteiger partial charge in [-0.1, -0.05) is 6.58 Å². The Morgan fingerprint density at radius 1 is 1.55 bits per heavy atom. The Bertz CT molecular complexity index is 284. The van der Waals surface area contributed by atoms with Crippen LogP contribution in [0.3, 0.4) is 0 Å². The van der Waals surface area contributed by atoms with Crippen molar-refractivity contribution >= 4 is 6.21 Å². The first-order valence-corrected chi connectivity index (χ1v) is 3.45. The van der Waals surface area contributed by atoms with Crippen molar-refractivity contribution in [1.29, 1.82) is 0 Å². The molecular formula is C9H11NO. The second kappa shape index (κ2) is 3.19. The van der Waals surface area contributed by atoms with E-state index in [4.69, 9.17) is 4.42 Å². The largest absolute Gasteiger partial charge is 0.460 e. The van der Waals surface area contributed by atoms with Crippen LogP contribution in [-0.4, -0.2) is 6.21 Å². The SMILES string of the molecule is C=CN=Cc1oc(C)cc1C. The molecule has 0 aliphatic heterocycles. The van der Waals surface area contributed by atoms with Gasteiger partial charge in [-0.2, -0.15) is 0 Å². The van der Waals surface area contributed by atoms with E-state index in [-0.39, 0.29) is 0 Å². The van der Waals surface area contributed by atoms with Gasteiger partial charge < -0.3 is 4.42 Å². The molecule has 0 atom stereocenters. The van der Waals surface area contributed by atoms with Gasteiger partial charge in [0.15, 0.2) is 0 Å². The zero-order chi connectivity index (χ0) is 8.27. The number of furan rings is 1. The molecule has 0 bridgehead atoms. The van der Waals surface area contributed by atoms with Crippen LogP contribution >= 0.6 is 0 Å². The summed E-state index contributed by atoms with van der Waals surface area (Å²) in [6, 6.07) is 1.98. The zero-order valence-electron chi connectivity index (χ0n) is 6.79. The van der Waals surface area contributed by atoms with Crippen LogP contribution in [0.15, 0.2) is 28.3 Å². The van der Waals surface area contributed by atoms with E-state index in [1.807, 2.05) is 19.9 Å². The first-order chi connectivity index (χ1) is 5.24. The minimum Gasteiger partial charge on any atom is -0.460 e. The van der Waals surface area contributed by atoms with E-state index < -0.39 is 0 Å². The Balaban J connectivity index is 2.93. The van der Waals surface area contributed by atoms with Crippen LogP contribution in [-0.2, 0) is 0 Å². The summed E-state index contributed by atoms with van der Waals surface area (Å²) in [5, 5.41) is 0. The Hall–Kier alpha value is -1.31. The van der Waals surface area contributed by atoms with E-state index in [0.29, 0.717) is 0 Å². The molecule has 0 saturated heterocycles. The Morgan fingerprint density at radius 3 is 2.73 bits per heavy atom. The lowest BCUT2D eigenvalue weighted by Gasteiger charge is -1.84. The molecule has 1 rings (SSSR count). The summed E-state index contributed by atoms with van der Waals surface area (Å²) in [5.74, 6) is 1.72. The molecule has 58 valence electrons. The van der Waals surface area contributed by atoms with Crippen molar-refractivity contribution in [3.8, 4) is 0 Å². The molecule has 1 heterocycles. The highest BCUT2D eigenvalue weighted by atomic mass is 16.3. The molecule has 2 nitrogen and oxygen atoms in total. The number of hydrogen-bond donors (Lipinski definition) is 0. The Labute approximate surface area is 66.3 Å². The van der Waals surface area contributed by atoms with Crippen molar-refractivity contribution in [2.75, 3.05) is 0 Å². The lowest BCUT2D eigenvalue weighted by molar-refractivity contribution is 0.526. The second-order valence-electron chi connectivity index (χ2n) is 2.37. The molecule has 0 aliphatic carbocycles. The fourth-order valence-electron chi connectivity index (χ4n) is 0.908. The molecule has 0 N–H and O–H groups in total. The van der Waals surface area contributed by atoms with Crippen LogP contribution in [0.1, 0.15) is 17.1 Å². The highest BCUT2D eigenvalue weighted by molar-refractivity contribution is 5.78. The molecule has 0 aliphatic rings. The van der Waals surface area contributed by atoms with Gasteiger partial charge in [0.05, 0.1) is 6.21 Å². The molecule has 0 aromatic carbocycles. The van der Waals surface area contributed by atoms with Gasteiger partial charge in [0, 0.05) is 6.20 Å². The van der Waals surface area contributed by atoms with Crippen LogP contribution in [0.5, 0.6) is 0 Å². The fraction of sp³-hybridized carbons (Fsp3) is 0.222. The van der Waals surface area contributed by atoms with Gasteiger partial charge >= 0.3 is 0 Å². The standard InChI is InChI=1S/C9H11NO/c1-4-10-6-9-7(2)5-8(3)11-9/h4-6H,1H2,2-3H3. The van der Waals surface area contributed by atoms with E-state index >= 15 is 0 Å². The summed E-state index contributed by atoms with van der Waals surface area (Å²) in [6.45, 7) is 7.37. The molecule has 0 amide bonds. The third kappa shape index (κ3) is 1.80. The van der Waals surface area contributed by atoms with Gasteiger partial charge in [-0.3, -0.25) is 4.99 Å². The van der Waals surface area contributed by atoms with E-state index in [2.05, 4.69) is 11.6 Å². The van der Waals surface area contributed by atoms with Crippen LogP contribution < -0.4 is 0 Å². The molecule has 0 unspecified atom stereocenters. The summed E-state index contributed by atoms with van der Waals surface area (Å²) < 4.78 is 5.32. The minimum atomic E-state index is 0.808. The van der Waals surface area contributed by atoms with Crippen molar-refractivity contribution in [2.45, 2.75) is 13.8 Å². The van der Waals surface area contributed by atoms with Crippen LogP contribution in [0.25, 0.3) is 0 Å². The number of aliphatic imine (C=N–C) groups is 1. The second-order valence-corrected chi connectivity index (χ2v) is 2.37. The molecule has 1 aromatic heterocycles. The molecule has 0 saturated carbocycles. The van der Waals surface area contributed by atoms with Crippen molar-refractivity contribution < 1.29 is 4.42 Å². The average molecular weight is 149 g/mol. The third-order valence-electron chi connectivity index (χ3n) is 1.38. The maximum absolute atomic E-state index is 5.32. The van der Waals surface area contributed by atoms with E-state index in [9.17, 15) is 0 Å². The smallest absolute Gasteiger partial charge is 0.148 e. The van der Waals surface area contributed by atoms with E-state index in [1.54, 1.807) is 6.21 Å². The predicted molar refractivity (Wildman–Crippen MR) is 46.0 cm³/mol. The number of rotatable bonds is 2. The first-order valence-electron chi connectivity index (χ1n) is 3.45. The summed E-state index contributed by atoms with van der Waals surface area (Å²) in [4.78, 5) is 3.86. The monoisotopic (exact) mass is 149 g/mol. The molecule has 2 heteroatoms. The molecular weight excluding hydrogens is 138 g/mol. The highest BCUT2D eigenvalue weighted by Gasteiger charge is 1.99. The van der Waals surface area contributed by atoms with Crippen molar-refractivity contribution in [3.63, 3.8) is 0 Å². The first kappa shape index (κ1) is 7.79. The van der Waals surface area contributed by atoms with Crippen LogP contribution in [0.2, 0.25) is 0 Å². The maximum atomic E-state index is 5.32. The van der Waals surface area contributed by atoms with Crippen molar-refractivity contribution in [3.05, 3.63) is 35.9 Å². The lowest BCUT2D eigenvalue weighted by Crippen LogP contribution is -1.77. The predicted octanol–water partition coefficient (Wildman–Crippen LogP) is 2.46. The number of aryl methyl sites for hydroxylation is 2. The van der Waals surface area contributed by atoms with Gasteiger partial charge in [0.1, 0.15) is 11.5 Å². The fourth-order valence-corrected chi connectivity index (χ4v) is 0.908. The van der Waals surface area contributed by atoms with Crippen LogP contribution in [0, 0.1) is 13.8 Å². The Kier molecular flexibility index (Phi) is 2.26. The van der Waals surface area contributed by atoms with E-state index in [0.717, 1.165) is 17.1 Å². The van der Waals surface area contributed by atoms with E-state index in [1.165, 1.54) is 6.20 Å². The summed E-state index contributed by atoms with van der Waals surface area (Å²) >= 11 is 0. The molecule has 11 heavy (non-hydrogen) atoms. The number of hydrogen-bond acceptors (Lipinski definition) is 2. The van der Waals surface area contributed by atoms with Crippen molar-refractivity contribution in [2.24, 2.45) is 4.99 Å².